The monoisotopic (exact) mass is 264 g/mol. The SMILES string of the molecule is COc1ccc(-c2nccnc2C(=O)O)cc1Cl. The molecule has 1 N–H and O–H groups in total. The van der Waals surface area contributed by atoms with Crippen LogP contribution >= 0.6 is 11.6 Å². The molecule has 0 unspecified atom stereocenters. The molecule has 0 amide bonds. The fraction of sp³-hybridized carbons (Fsp3) is 0.0833. The van der Waals surface area contributed by atoms with E-state index in [1.807, 2.05) is 0 Å². The van der Waals surface area contributed by atoms with Crippen LogP contribution in [0.25, 0.3) is 11.3 Å². The summed E-state index contributed by atoms with van der Waals surface area (Å²) in [6.45, 7) is 0. The molecule has 0 fully saturated rings. The van der Waals surface area contributed by atoms with E-state index in [-0.39, 0.29) is 11.4 Å². The Hall–Kier alpha value is -2.14. The largest absolute Gasteiger partial charge is 0.495 e. The van der Waals surface area contributed by atoms with Crippen LogP contribution in [0.4, 0.5) is 0 Å². The molecule has 2 rings (SSSR count). The molecule has 0 bridgehead atoms. The predicted molar refractivity (Wildman–Crippen MR) is 66.0 cm³/mol. The van der Waals surface area contributed by atoms with Crippen molar-refractivity contribution >= 4 is 17.6 Å². The quantitative estimate of drug-likeness (QED) is 0.922. The van der Waals surface area contributed by atoms with Gasteiger partial charge in [0.05, 0.1) is 12.1 Å². The second kappa shape index (κ2) is 5.01. The number of benzene rings is 1. The third-order valence-corrected chi connectivity index (χ3v) is 2.62. The number of methoxy groups -OCH3 is 1. The number of carboxylic acid groups (broad SMARTS) is 1. The van der Waals surface area contributed by atoms with Crippen molar-refractivity contribution < 1.29 is 14.6 Å². The first-order chi connectivity index (χ1) is 8.63. The maximum atomic E-state index is 11.0. The van der Waals surface area contributed by atoms with Crippen LogP contribution in [-0.4, -0.2) is 28.2 Å². The Morgan fingerprint density at radius 3 is 2.67 bits per heavy atom. The lowest BCUT2D eigenvalue weighted by atomic mass is 10.1. The Kier molecular flexibility index (Phi) is 3.43. The van der Waals surface area contributed by atoms with Crippen molar-refractivity contribution in [2.75, 3.05) is 7.11 Å². The number of carbonyl (C=O) groups is 1. The summed E-state index contributed by atoms with van der Waals surface area (Å²) in [6, 6.07) is 4.93. The van der Waals surface area contributed by atoms with Gasteiger partial charge in [-0.15, -0.1) is 0 Å². The minimum absolute atomic E-state index is 0.112. The lowest BCUT2D eigenvalue weighted by Gasteiger charge is -2.07. The number of hydrogen-bond acceptors (Lipinski definition) is 4. The molecular formula is C12H9ClN2O3. The number of halogens is 1. The van der Waals surface area contributed by atoms with Gasteiger partial charge in [0, 0.05) is 18.0 Å². The molecule has 0 aliphatic rings. The number of hydrogen-bond donors (Lipinski definition) is 1. The van der Waals surface area contributed by atoms with Crippen LogP contribution in [0.15, 0.2) is 30.6 Å². The van der Waals surface area contributed by atoms with E-state index in [9.17, 15) is 4.79 Å². The lowest BCUT2D eigenvalue weighted by molar-refractivity contribution is 0.0691. The highest BCUT2D eigenvalue weighted by atomic mass is 35.5. The number of carboxylic acids is 1. The molecule has 0 aliphatic heterocycles. The van der Waals surface area contributed by atoms with E-state index in [1.165, 1.54) is 19.5 Å². The smallest absolute Gasteiger partial charge is 0.356 e. The predicted octanol–water partition coefficient (Wildman–Crippen LogP) is 2.50. The zero-order valence-electron chi connectivity index (χ0n) is 9.42. The average molecular weight is 265 g/mol. The highest BCUT2D eigenvalue weighted by molar-refractivity contribution is 6.32. The number of rotatable bonds is 3. The zero-order valence-corrected chi connectivity index (χ0v) is 10.2. The standard InChI is InChI=1S/C12H9ClN2O3/c1-18-9-3-2-7(6-8(9)13)10-11(12(16)17)15-5-4-14-10/h2-6H,1H3,(H,16,17). The highest BCUT2D eigenvalue weighted by Gasteiger charge is 2.15. The van der Waals surface area contributed by atoms with Crippen LogP contribution in [0.2, 0.25) is 5.02 Å². The van der Waals surface area contributed by atoms with Crippen molar-refractivity contribution in [1.29, 1.82) is 0 Å². The molecule has 0 radical (unpaired) electrons. The van der Waals surface area contributed by atoms with Crippen LogP contribution in [0.3, 0.4) is 0 Å². The van der Waals surface area contributed by atoms with Gasteiger partial charge in [-0.1, -0.05) is 11.6 Å². The summed E-state index contributed by atoms with van der Waals surface area (Å²) in [4.78, 5) is 18.9. The minimum Gasteiger partial charge on any atom is -0.495 e. The van der Waals surface area contributed by atoms with Gasteiger partial charge in [0.2, 0.25) is 0 Å². The summed E-state index contributed by atoms with van der Waals surface area (Å²) in [5.41, 5.74) is 0.736. The molecule has 1 aromatic carbocycles. The Labute approximate surface area is 108 Å². The number of nitrogens with zero attached hydrogens (tertiary/aromatic N) is 2. The summed E-state index contributed by atoms with van der Waals surface area (Å²) in [5, 5.41) is 9.42. The molecule has 0 atom stereocenters. The second-order valence-corrected chi connectivity index (χ2v) is 3.82. The van der Waals surface area contributed by atoms with E-state index < -0.39 is 5.97 Å². The van der Waals surface area contributed by atoms with Gasteiger partial charge >= 0.3 is 5.97 Å². The summed E-state index contributed by atoms with van der Waals surface area (Å²) < 4.78 is 5.03. The molecule has 5 nitrogen and oxygen atoms in total. The molecule has 0 aliphatic carbocycles. The Balaban J connectivity index is 2.55. The summed E-state index contributed by atoms with van der Waals surface area (Å²) >= 11 is 5.99. The molecule has 92 valence electrons. The van der Waals surface area contributed by atoms with E-state index in [4.69, 9.17) is 21.4 Å². The van der Waals surface area contributed by atoms with Crippen LogP contribution in [0.1, 0.15) is 10.5 Å². The molecule has 1 heterocycles. The third-order valence-electron chi connectivity index (χ3n) is 2.33. The van der Waals surface area contributed by atoms with Crippen molar-refractivity contribution in [2.24, 2.45) is 0 Å². The molecule has 2 aromatic rings. The summed E-state index contributed by atoms with van der Waals surface area (Å²) in [5.74, 6) is -0.619. The zero-order chi connectivity index (χ0) is 13.1. The third kappa shape index (κ3) is 2.26. The molecule has 6 heteroatoms. The van der Waals surface area contributed by atoms with Gasteiger partial charge in [0.25, 0.3) is 0 Å². The fourth-order valence-corrected chi connectivity index (χ4v) is 1.78. The van der Waals surface area contributed by atoms with Crippen LogP contribution in [0.5, 0.6) is 5.75 Å². The minimum atomic E-state index is -1.13. The van der Waals surface area contributed by atoms with Crippen LogP contribution < -0.4 is 4.74 Å². The van der Waals surface area contributed by atoms with E-state index in [2.05, 4.69) is 9.97 Å². The van der Waals surface area contributed by atoms with Gasteiger partial charge in [-0.2, -0.15) is 0 Å². The van der Waals surface area contributed by atoms with Crippen molar-refractivity contribution in [2.45, 2.75) is 0 Å². The molecule has 0 saturated carbocycles. The summed E-state index contributed by atoms with van der Waals surface area (Å²) in [6.07, 6.45) is 2.76. The van der Waals surface area contributed by atoms with Gasteiger partial charge in [0.15, 0.2) is 5.69 Å². The average Bonchev–Trinajstić information content (AvgIpc) is 2.38. The molecular weight excluding hydrogens is 256 g/mol. The van der Waals surface area contributed by atoms with Crippen LogP contribution in [0, 0.1) is 0 Å². The van der Waals surface area contributed by atoms with Crippen molar-refractivity contribution in [3.05, 3.63) is 41.3 Å². The van der Waals surface area contributed by atoms with Crippen molar-refractivity contribution in [1.82, 2.24) is 9.97 Å². The van der Waals surface area contributed by atoms with Gasteiger partial charge in [-0.25, -0.2) is 9.78 Å². The molecule has 0 saturated heterocycles. The molecule has 0 spiro atoms. The fourth-order valence-electron chi connectivity index (χ4n) is 1.52. The first-order valence-electron chi connectivity index (χ1n) is 5.01. The maximum Gasteiger partial charge on any atom is 0.356 e. The normalized spacial score (nSPS) is 10.1. The highest BCUT2D eigenvalue weighted by Crippen LogP contribution is 2.30. The van der Waals surface area contributed by atoms with E-state index in [0.717, 1.165) is 0 Å². The van der Waals surface area contributed by atoms with E-state index in [1.54, 1.807) is 18.2 Å². The second-order valence-electron chi connectivity index (χ2n) is 3.41. The number of aromatic carboxylic acids is 1. The van der Waals surface area contributed by atoms with Crippen molar-refractivity contribution in [3.63, 3.8) is 0 Å². The Morgan fingerprint density at radius 1 is 1.33 bits per heavy atom. The van der Waals surface area contributed by atoms with Gasteiger partial charge < -0.3 is 9.84 Å². The van der Waals surface area contributed by atoms with E-state index >= 15 is 0 Å². The maximum absolute atomic E-state index is 11.0. The van der Waals surface area contributed by atoms with Gasteiger partial charge in [-0.3, -0.25) is 4.98 Å². The molecule has 1 aromatic heterocycles. The first kappa shape index (κ1) is 12.3. The molecule has 18 heavy (non-hydrogen) atoms. The van der Waals surface area contributed by atoms with E-state index in [0.29, 0.717) is 16.3 Å². The van der Waals surface area contributed by atoms with Gasteiger partial charge in [0.1, 0.15) is 11.4 Å². The topological polar surface area (TPSA) is 72.3 Å². The lowest BCUT2D eigenvalue weighted by Crippen LogP contribution is -2.04. The first-order valence-corrected chi connectivity index (χ1v) is 5.39. The Morgan fingerprint density at radius 2 is 2.06 bits per heavy atom. The van der Waals surface area contributed by atoms with Crippen molar-refractivity contribution in [3.8, 4) is 17.0 Å². The number of aromatic nitrogens is 2. The van der Waals surface area contributed by atoms with Crippen LogP contribution in [-0.2, 0) is 0 Å². The summed E-state index contributed by atoms with van der Waals surface area (Å²) in [7, 11) is 1.51. The number of ether oxygens (including phenoxy) is 1. The Bertz CT molecular complexity index is 602. The van der Waals surface area contributed by atoms with Gasteiger partial charge in [-0.05, 0) is 18.2 Å².